The molecule has 15 heavy (non-hydrogen) atoms. The van der Waals surface area contributed by atoms with Crippen LogP contribution in [0.4, 0.5) is 0 Å². The van der Waals surface area contributed by atoms with Crippen LogP contribution in [-0.4, -0.2) is 12.0 Å². The second-order valence-electron chi connectivity index (χ2n) is 3.31. The van der Waals surface area contributed by atoms with Gasteiger partial charge in [-0.25, -0.2) is 5.84 Å². The van der Waals surface area contributed by atoms with Crippen LogP contribution >= 0.6 is 0 Å². The zero-order valence-corrected chi connectivity index (χ0v) is 8.95. The molecule has 5 heteroatoms. The molecule has 0 aliphatic heterocycles. The van der Waals surface area contributed by atoms with E-state index in [1.54, 1.807) is 6.07 Å². The molecule has 0 radical (unpaired) electrons. The number of hydrogen-bond acceptors (Lipinski definition) is 4. The maximum atomic E-state index is 11.1. The summed E-state index contributed by atoms with van der Waals surface area (Å²) in [6, 6.07) is 1.62. The van der Waals surface area contributed by atoms with Gasteiger partial charge in [-0.15, -0.1) is 0 Å². The lowest BCUT2D eigenvalue weighted by Gasteiger charge is -2.07. The number of ether oxygens (including phenoxy) is 1. The molecule has 1 aromatic rings. The molecule has 0 aliphatic carbocycles. The Morgan fingerprint density at radius 1 is 1.73 bits per heavy atom. The first-order chi connectivity index (χ1) is 7.17. The highest BCUT2D eigenvalue weighted by Crippen LogP contribution is 2.10. The van der Waals surface area contributed by atoms with Crippen LogP contribution in [0.15, 0.2) is 16.7 Å². The topological polar surface area (TPSA) is 77.5 Å². The van der Waals surface area contributed by atoms with Crippen molar-refractivity contribution in [3.05, 3.63) is 23.7 Å². The monoisotopic (exact) mass is 212 g/mol. The van der Waals surface area contributed by atoms with Gasteiger partial charge in [-0.05, 0) is 19.4 Å². The average molecular weight is 212 g/mol. The molecule has 3 N–H and O–H groups in total. The Kier molecular flexibility index (Phi) is 4.33. The number of carbonyl (C=O) groups is 1. The molecule has 0 bridgehead atoms. The van der Waals surface area contributed by atoms with Crippen LogP contribution in [0, 0.1) is 0 Å². The van der Waals surface area contributed by atoms with E-state index in [0.29, 0.717) is 17.9 Å². The van der Waals surface area contributed by atoms with E-state index < -0.39 is 0 Å². The lowest BCUT2D eigenvalue weighted by molar-refractivity contribution is 0.0406. The summed E-state index contributed by atoms with van der Waals surface area (Å²) >= 11 is 0. The minimum atomic E-state index is -0.367. The van der Waals surface area contributed by atoms with Gasteiger partial charge >= 0.3 is 0 Å². The first kappa shape index (κ1) is 11.7. The van der Waals surface area contributed by atoms with Gasteiger partial charge in [0, 0.05) is 0 Å². The van der Waals surface area contributed by atoms with Crippen LogP contribution in [0.5, 0.6) is 0 Å². The molecular weight excluding hydrogens is 196 g/mol. The molecule has 1 heterocycles. The van der Waals surface area contributed by atoms with Crippen molar-refractivity contribution in [2.75, 3.05) is 0 Å². The zero-order valence-electron chi connectivity index (χ0n) is 8.95. The predicted octanol–water partition coefficient (Wildman–Crippen LogP) is 1.20. The highest BCUT2D eigenvalue weighted by molar-refractivity contribution is 5.93. The summed E-state index contributed by atoms with van der Waals surface area (Å²) in [6.45, 7) is 4.39. The van der Waals surface area contributed by atoms with Gasteiger partial charge in [0.25, 0.3) is 5.91 Å². The van der Waals surface area contributed by atoms with Crippen molar-refractivity contribution in [3.63, 3.8) is 0 Å². The number of amides is 1. The number of furan rings is 1. The van der Waals surface area contributed by atoms with Gasteiger partial charge in [-0.2, -0.15) is 0 Å². The third-order valence-corrected chi connectivity index (χ3v) is 2.13. The molecular formula is C10H16N2O3. The van der Waals surface area contributed by atoms with Crippen LogP contribution < -0.4 is 11.3 Å². The Morgan fingerprint density at radius 3 is 3.07 bits per heavy atom. The summed E-state index contributed by atoms with van der Waals surface area (Å²) in [7, 11) is 0. The summed E-state index contributed by atoms with van der Waals surface area (Å²) in [5, 5.41) is 0. The second kappa shape index (κ2) is 5.53. The van der Waals surface area contributed by atoms with E-state index in [1.165, 1.54) is 6.26 Å². The Hall–Kier alpha value is -1.33. The summed E-state index contributed by atoms with van der Waals surface area (Å²) in [5.74, 6) is 5.24. The number of hydrogen-bond donors (Lipinski definition) is 2. The highest BCUT2D eigenvalue weighted by Gasteiger charge is 2.09. The van der Waals surface area contributed by atoms with E-state index in [0.717, 1.165) is 6.42 Å². The number of nitrogens with one attached hydrogen (secondary N) is 1. The normalized spacial score (nSPS) is 12.5. The number of nitrogens with two attached hydrogens (primary N) is 1. The van der Waals surface area contributed by atoms with Crippen molar-refractivity contribution in [2.24, 2.45) is 5.84 Å². The summed E-state index contributed by atoms with van der Waals surface area (Å²) < 4.78 is 10.6. The average Bonchev–Trinajstić information content (AvgIpc) is 2.73. The Labute approximate surface area is 88.6 Å². The van der Waals surface area contributed by atoms with Crippen molar-refractivity contribution in [1.82, 2.24) is 5.43 Å². The lowest BCUT2D eigenvalue weighted by Crippen LogP contribution is -2.29. The number of hydrazine groups is 1. The molecule has 0 saturated carbocycles. The molecule has 1 atom stereocenters. The minimum Gasteiger partial charge on any atom is -0.466 e. The van der Waals surface area contributed by atoms with Crippen LogP contribution in [0.25, 0.3) is 0 Å². The standard InChI is InChI=1S/C10H16N2O3/c1-3-7(2)14-6-9-4-8(5-15-9)10(13)12-11/h4-5,7H,3,6,11H2,1-2H3,(H,12,13). The molecule has 0 fully saturated rings. The third-order valence-electron chi connectivity index (χ3n) is 2.13. The first-order valence-electron chi connectivity index (χ1n) is 4.87. The molecule has 0 saturated heterocycles. The Morgan fingerprint density at radius 2 is 2.47 bits per heavy atom. The van der Waals surface area contributed by atoms with Crippen LogP contribution in [-0.2, 0) is 11.3 Å². The Bertz CT molecular complexity index is 322. The number of rotatable bonds is 5. The molecule has 84 valence electrons. The van der Waals surface area contributed by atoms with E-state index in [4.69, 9.17) is 15.0 Å². The van der Waals surface area contributed by atoms with Gasteiger partial charge in [-0.1, -0.05) is 6.92 Å². The fourth-order valence-electron chi connectivity index (χ4n) is 1.00. The quantitative estimate of drug-likeness (QED) is 0.436. The van der Waals surface area contributed by atoms with Crippen LogP contribution in [0.1, 0.15) is 36.4 Å². The fraction of sp³-hybridized carbons (Fsp3) is 0.500. The van der Waals surface area contributed by atoms with Crippen molar-refractivity contribution in [2.45, 2.75) is 33.0 Å². The van der Waals surface area contributed by atoms with Crippen molar-refractivity contribution < 1.29 is 13.9 Å². The molecule has 0 aromatic carbocycles. The van der Waals surface area contributed by atoms with Crippen LogP contribution in [0.2, 0.25) is 0 Å². The maximum absolute atomic E-state index is 11.1. The highest BCUT2D eigenvalue weighted by atomic mass is 16.5. The summed E-state index contributed by atoms with van der Waals surface area (Å²) in [5.41, 5.74) is 2.43. The molecule has 1 unspecified atom stereocenters. The van der Waals surface area contributed by atoms with Gasteiger partial charge in [0.1, 0.15) is 18.6 Å². The van der Waals surface area contributed by atoms with Crippen molar-refractivity contribution in [1.29, 1.82) is 0 Å². The number of nitrogen functional groups attached to an aromatic ring is 1. The van der Waals surface area contributed by atoms with E-state index in [9.17, 15) is 4.79 Å². The van der Waals surface area contributed by atoms with Crippen molar-refractivity contribution >= 4 is 5.91 Å². The Balaban J connectivity index is 2.49. The van der Waals surface area contributed by atoms with Crippen LogP contribution in [0.3, 0.4) is 0 Å². The molecule has 5 nitrogen and oxygen atoms in total. The van der Waals surface area contributed by atoms with Gasteiger partial charge in [0.2, 0.25) is 0 Å². The summed E-state index contributed by atoms with van der Waals surface area (Å²) in [4.78, 5) is 11.1. The van der Waals surface area contributed by atoms with Crippen molar-refractivity contribution in [3.8, 4) is 0 Å². The summed E-state index contributed by atoms with van der Waals surface area (Å²) in [6.07, 6.45) is 2.48. The van der Waals surface area contributed by atoms with Gasteiger partial charge in [0.05, 0.1) is 11.7 Å². The zero-order chi connectivity index (χ0) is 11.3. The molecule has 0 spiro atoms. The van der Waals surface area contributed by atoms with E-state index >= 15 is 0 Å². The third kappa shape index (κ3) is 3.38. The minimum absolute atomic E-state index is 0.182. The second-order valence-corrected chi connectivity index (χ2v) is 3.31. The van der Waals surface area contributed by atoms with E-state index in [2.05, 4.69) is 0 Å². The predicted molar refractivity (Wildman–Crippen MR) is 54.9 cm³/mol. The molecule has 0 aliphatic rings. The first-order valence-corrected chi connectivity index (χ1v) is 4.87. The molecule has 1 amide bonds. The van der Waals surface area contributed by atoms with Gasteiger partial charge < -0.3 is 9.15 Å². The SMILES string of the molecule is CCC(C)OCc1cc(C(=O)NN)co1. The smallest absolute Gasteiger partial charge is 0.268 e. The molecule has 1 rings (SSSR count). The molecule has 1 aromatic heterocycles. The lowest BCUT2D eigenvalue weighted by atomic mass is 10.3. The maximum Gasteiger partial charge on any atom is 0.268 e. The fourth-order valence-corrected chi connectivity index (χ4v) is 1.00. The largest absolute Gasteiger partial charge is 0.466 e. The van der Waals surface area contributed by atoms with Gasteiger partial charge in [-0.3, -0.25) is 10.2 Å². The van der Waals surface area contributed by atoms with Gasteiger partial charge in [0.15, 0.2) is 0 Å². The van der Waals surface area contributed by atoms with E-state index in [1.807, 2.05) is 19.3 Å². The number of carbonyl (C=O) groups excluding carboxylic acids is 1. The van der Waals surface area contributed by atoms with E-state index in [-0.39, 0.29) is 12.0 Å².